The first-order chi connectivity index (χ1) is 17.5. The Morgan fingerprint density at radius 3 is 2.50 bits per heavy atom. The molecule has 1 aliphatic heterocycles. The highest BCUT2D eigenvalue weighted by atomic mass is 35.5. The summed E-state index contributed by atoms with van der Waals surface area (Å²) in [5.41, 5.74) is 3.42. The molecule has 36 heavy (non-hydrogen) atoms. The average molecular weight is 537 g/mol. The first-order valence-electron chi connectivity index (χ1n) is 11.6. The Morgan fingerprint density at radius 2 is 1.72 bits per heavy atom. The summed E-state index contributed by atoms with van der Waals surface area (Å²) < 4.78 is 1.92. The van der Waals surface area contributed by atoms with Crippen molar-refractivity contribution < 1.29 is 9.59 Å². The van der Waals surface area contributed by atoms with Gasteiger partial charge in [0, 0.05) is 42.6 Å². The minimum Gasteiger partial charge on any atom is -0.336 e. The summed E-state index contributed by atoms with van der Waals surface area (Å²) in [6, 6.07) is 20.5. The van der Waals surface area contributed by atoms with Crippen LogP contribution in [0.3, 0.4) is 0 Å². The van der Waals surface area contributed by atoms with E-state index in [1.54, 1.807) is 47.4 Å². The van der Waals surface area contributed by atoms with Gasteiger partial charge in [0.25, 0.3) is 11.8 Å². The minimum absolute atomic E-state index is 0.105. The van der Waals surface area contributed by atoms with Gasteiger partial charge in [0.2, 0.25) is 0 Å². The van der Waals surface area contributed by atoms with Gasteiger partial charge in [0.05, 0.1) is 21.3 Å². The number of hydrogen-bond acceptors (Lipinski definition) is 6. The summed E-state index contributed by atoms with van der Waals surface area (Å²) in [6.45, 7) is 2.97. The highest BCUT2D eigenvalue weighted by Crippen LogP contribution is 2.34. The number of piperazine rings is 1. The topological polar surface area (TPSA) is 65.5 Å². The fourth-order valence-electron chi connectivity index (χ4n) is 4.04. The molecule has 5 rings (SSSR count). The molecule has 0 spiro atoms. The van der Waals surface area contributed by atoms with Gasteiger partial charge in [0.15, 0.2) is 4.34 Å². The summed E-state index contributed by atoms with van der Waals surface area (Å²) in [5.74, 6) is 0.332. The van der Waals surface area contributed by atoms with Crippen molar-refractivity contribution in [1.29, 1.82) is 0 Å². The number of nitrogens with zero attached hydrogens (tertiary/aromatic N) is 3. The second-order valence-corrected chi connectivity index (χ2v) is 11.3. The molecule has 6 nitrogen and oxygen atoms in total. The van der Waals surface area contributed by atoms with Gasteiger partial charge in [-0.15, -0.1) is 11.3 Å². The van der Waals surface area contributed by atoms with Gasteiger partial charge in [-0.2, -0.15) is 0 Å². The van der Waals surface area contributed by atoms with Gasteiger partial charge in [-0.25, -0.2) is 4.98 Å². The molecule has 0 radical (unpaired) electrons. The SMILES string of the molecule is CN1CCN(C(=O)c2ccccc2C(=O)Nc2ccc3nc(SCc4ccccc4Cl)sc3c2)CC1. The zero-order valence-electron chi connectivity index (χ0n) is 19.7. The number of thiazole rings is 1. The van der Waals surface area contributed by atoms with Crippen LogP contribution in [0.2, 0.25) is 5.02 Å². The van der Waals surface area contributed by atoms with Crippen LogP contribution < -0.4 is 5.32 Å². The molecule has 0 atom stereocenters. The van der Waals surface area contributed by atoms with Crippen molar-refractivity contribution in [3.8, 4) is 0 Å². The number of carbonyl (C=O) groups excluding carboxylic acids is 2. The molecule has 4 aromatic rings. The molecule has 1 N–H and O–H groups in total. The average Bonchev–Trinajstić information content (AvgIpc) is 3.30. The van der Waals surface area contributed by atoms with Crippen LogP contribution in [0.1, 0.15) is 26.3 Å². The van der Waals surface area contributed by atoms with Crippen LogP contribution in [0.5, 0.6) is 0 Å². The number of halogens is 1. The van der Waals surface area contributed by atoms with Crippen molar-refractivity contribution >= 4 is 62.4 Å². The van der Waals surface area contributed by atoms with Gasteiger partial charge in [0.1, 0.15) is 0 Å². The minimum atomic E-state index is -0.301. The number of rotatable bonds is 6. The highest BCUT2D eigenvalue weighted by molar-refractivity contribution is 8.00. The number of likely N-dealkylation sites (N-methyl/N-ethyl adjacent to an activating group) is 1. The van der Waals surface area contributed by atoms with Crippen LogP contribution in [0.25, 0.3) is 10.2 Å². The molecule has 1 fully saturated rings. The van der Waals surface area contributed by atoms with Gasteiger partial charge in [-0.3, -0.25) is 9.59 Å². The quantitative estimate of drug-likeness (QED) is 0.312. The number of thioether (sulfide) groups is 1. The van der Waals surface area contributed by atoms with Crippen molar-refractivity contribution in [3.05, 3.63) is 88.4 Å². The molecular weight excluding hydrogens is 512 g/mol. The van der Waals surface area contributed by atoms with E-state index in [4.69, 9.17) is 16.6 Å². The first kappa shape index (κ1) is 24.8. The number of hydrogen-bond donors (Lipinski definition) is 1. The molecule has 9 heteroatoms. The van der Waals surface area contributed by atoms with Gasteiger partial charge in [-0.1, -0.05) is 53.7 Å². The number of nitrogens with one attached hydrogen (secondary N) is 1. The molecule has 2 heterocycles. The van der Waals surface area contributed by atoms with E-state index in [2.05, 4.69) is 10.2 Å². The first-order valence-corrected chi connectivity index (χ1v) is 13.8. The molecule has 184 valence electrons. The van der Waals surface area contributed by atoms with E-state index < -0.39 is 0 Å². The number of fused-ring (bicyclic) bond motifs is 1. The van der Waals surface area contributed by atoms with Crippen molar-refractivity contribution in [1.82, 2.24) is 14.8 Å². The fraction of sp³-hybridized carbons (Fsp3) is 0.222. The van der Waals surface area contributed by atoms with E-state index in [1.165, 1.54) is 0 Å². The lowest BCUT2D eigenvalue weighted by Crippen LogP contribution is -2.47. The smallest absolute Gasteiger partial charge is 0.256 e. The summed E-state index contributed by atoms with van der Waals surface area (Å²) in [6.07, 6.45) is 0. The Hall–Kier alpha value is -2.91. The Kier molecular flexibility index (Phi) is 7.57. The maximum Gasteiger partial charge on any atom is 0.256 e. The van der Waals surface area contributed by atoms with E-state index >= 15 is 0 Å². The van der Waals surface area contributed by atoms with Crippen molar-refractivity contribution in [2.75, 3.05) is 38.5 Å². The molecule has 0 unspecified atom stereocenters. The normalized spacial score (nSPS) is 14.2. The zero-order valence-corrected chi connectivity index (χ0v) is 22.1. The van der Waals surface area contributed by atoms with E-state index in [9.17, 15) is 9.59 Å². The Bertz CT molecular complexity index is 1420. The third-order valence-electron chi connectivity index (χ3n) is 6.13. The second kappa shape index (κ2) is 11.0. The lowest BCUT2D eigenvalue weighted by atomic mass is 10.0. The number of benzene rings is 3. The fourth-order valence-corrected chi connectivity index (χ4v) is 6.44. The van der Waals surface area contributed by atoms with E-state index in [1.807, 2.05) is 54.4 Å². The summed E-state index contributed by atoms with van der Waals surface area (Å²) in [5, 5.41) is 3.72. The van der Waals surface area contributed by atoms with E-state index in [-0.39, 0.29) is 11.8 Å². The Labute approximate surface area is 223 Å². The molecule has 0 aliphatic carbocycles. The predicted octanol–water partition coefficient (Wildman–Crippen LogP) is 5.88. The van der Waals surface area contributed by atoms with Crippen LogP contribution >= 0.6 is 34.7 Å². The number of aromatic nitrogens is 1. The predicted molar refractivity (Wildman–Crippen MR) is 148 cm³/mol. The maximum absolute atomic E-state index is 13.2. The molecule has 1 saturated heterocycles. The third kappa shape index (κ3) is 5.57. The lowest BCUT2D eigenvalue weighted by molar-refractivity contribution is 0.0660. The number of carbonyl (C=O) groups is 2. The molecule has 1 aromatic heterocycles. The molecule has 1 aliphatic rings. The standard InChI is InChI=1S/C27H25ClN4O2S2/c1-31-12-14-32(15-13-31)26(34)21-8-4-3-7-20(21)25(33)29-19-10-11-23-24(16-19)36-27(30-23)35-17-18-6-2-5-9-22(18)28/h2-11,16H,12-15,17H2,1H3,(H,29,33). The molecular formula is C27H25ClN4O2S2. The summed E-state index contributed by atoms with van der Waals surface area (Å²) >= 11 is 9.49. The second-order valence-electron chi connectivity index (χ2n) is 8.64. The van der Waals surface area contributed by atoms with Crippen LogP contribution in [-0.4, -0.2) is 59.8 Å². The maximum atomic E-state index is 13.2. The van der Waals surface area contributed by atoms with Gasteiger partial charge in [-0.05, 0) is 49.0 Å². The summed E-state index contributed by atoms with van der Waals surface area (Å²) in [7, 11) is 2.05. The van der Waals surface area contributed by atoms with Crippen molar-refractivity contribution in [2.45, 2.75) is 10.1 Å². The number of amides is 2. The molecule has 2 amide bonds. The van der Waals surface area contributed by atoms with Crippen molar-refractivity contribution in [2.24, 2.45) is 0 Å². The van der Waals surface area contributed by atoms with Crippen LogP contribution in [-0.2, 0) is 5.75 Å². The van der Waals surface area contributed by atoms with Crippen LogP contribution in [0.4, 0.5) is 5.69 Å². The lowest BCUT2D eigenvalue weighted by Gasteiger charge is -2.32. The zero-order chi connectivity index (χ0) is 25.1. The van der Waals surface area contributed by atoms with Crippen LogP contribution in [0, 0.1) is 0 Å². The van der Waals surface area contributed by atoms with Gasteiger partial charge >= 0.3 is 0 Å². The van der Waals surface area contributed by atoms with Gasteiger partial charge < -0.3 is 15.1 Å². The van der Waals surface area contributed by atoms with E-state index in [0.29, 0.717) is 29.9 Å². The Morgan fingerprint density at radius 1 is 1.00 bits per heavy atom. The third-order valence-corrected chi connectivity index (χ3v) is 8.71. The van der Waals surface area contributed by atoms with Crippen LogP contribution in [0.15, 0.2) is 71.1 Å². The molecule has 0 saturated carbocycles. The highest BCUT2D eigenvalue weighted by Gasteiger charge is 2.24. The monoisotopic (exact) mass is 536 g/mol. The summed E-state index contributed by atoms with van der Waals surface area (Å²) in [4.78, 5) is 35.1. The Balaban J connectivity index is 1.29. The molecule has 0 bridgehead atoms. The number of anilines is 1. The largest absolute Gasteiger partial charge is 0.336 e. The van der Waals surface area contributed by atoms with E-state index in [0.717, 1.165) is 44.0 Å². The van der Waals surface area contributed by atoms with Crippen molar-refractivity contribution in [3.63, 3.8) is 0 Å². The molecule has 3 aromatic carbocycles.